The van der Waals surface area contributed by atoms with Crippen molar-refractivity contribution in [2.24, 2.45) is 0 Å². The molecule has 0 bridgehead atoms. The van der Waals surface area contributed by atoms with Crippen molar-refractivity contribution in [2.75, 3.05) is 36.0 Å². The number of aryl methyl sites for hydroxylation is 2. The Balaban J connectivity index is 1.21. The van der Waals surface area contributed by atoms with E-state index in [0.29, 0.717) is 40.6 Å². The van der Waals surface area contributed by atoms with Crippen LogP contribution in [-0.4, -0.2) is 41.3 Å². The van der Waals surface area contributed by atoms with Crippen molar-refractivity contribution in [1.29, 1.82) is 0 Å². The number of halogens is 3. The Morgan fingerprint density at radius 3 is 2.08 bits per heavy atom. The van der Waals surface area contributed by atoms with Gasteiger partial charge in [-0.3, -0.25) is 9.20 Å². The number of anilines is 2. The number of rotatable bonds is 7. The van der Waals surface area contributed by atoms with Crippen LogP contribution in [-0.2, 0) is 12.8 Å². The van der Waals surface area contributed by atoms with Gasteiger partial charge in [0.1, 0.15) is 17.2 Å². The number of imidazole rings is 1. The van der Waals surface area contributed by atoms with Crippen LogP contribution in [0.3, 0.4) is 0 Å². The number of aromatic nitrogens is 2. The Kier molecular flexibility index (Phi) is 7.17. The molecule has 4 aromatic rings. The van der Waals surface area contributed by atoms with Crippen molar-refractivity contribution in [2.45, 2.75) is 26.2 Å². The number of nitrogens with zero attached hydrogens (tertiary/aromatic N) is 4. The van der Waals surface area contributed by atoms with E-state index in [2.05, 4.69) is 39.0 Å². The Hall–Kier alpha value is -3.09. The lowest BCUT2D eigenvalue weighted by Gasteiger charge is -2.37. The molecule has 2 aromatic heterocycles. The minimum absolute atomic E-state index is 0.0405. The summed E-state index contributed by atoms with van der Waals surface area (Å²) < 4.78 is 15.0. The average Bonchev–Trinajstić information content (AvgIpc) is 3.25. The first-order valence-electron chi connectivity index (χ1n) is 12.2. The molecule has 5 rings (SSSR count). The molecular formula is C28H27Cl2FN4O. The summed E-state index contributed by atoms with van der Waals surface area (Å²) in [5.74, 6) is -0.170. The maximum absolute atomic E-state index is 13.2. The number of carbonyl (C=O) groups excluding carboxylic acids is 1. The number of ketones is 1. The van der Waals surface area contributed by atoms with Crippen molar-refractivity contribution in [3.05, 3.63) is 93.6 Å². The molecule has 1 fully saturated rings. The maximum atomic E-state index is 13.2. The number of hydrogen-bond donors (Lipinski definition) is 0. The van der Waals surface area contributed by atoms with Gasteiger partial charge in [0.05, 0.1) is 15.7 Å². The molecule has 5 nitrogen and oxygen atoms in total. The number of carbonyl (C=O) groups is 1. The summed E-state index contributed by atoms with van der Waals surface area (Å²) in [7, 11) is 0. The Morgan fingerprint density at radius 1 is 0.917 bits per heavy atom. The zero-order valence-electron chi connectivity index (χ0n) is 20.1. The molecule has 0 amide bonds. The van der Waals surface area contributed by atoms with Crippen molar-refractivity contribution in [3.63, 3.8) is 0 Å². The molecule has 0 unspecified atom stereocenters. The van der Waals surface area contributed by atoms with E-state index in [0.717, 1.165) is 43.1 Å². The fourth-order valence-electron chi connectivity index (χ4n) is 4.75. The van der Waals surface area contributed by atoms with Gasteiger partial charge >= 0.3 is 0 Å². The third-order valence-corrected chi connectivity index (χ3v) is 7.46. The number of Topliss-reactive ketones (excluding diaryl/α,β-unsaturated/α-hetero) is 1. The molecule has 36 heavy (non-hydrogen) atoms. The summed E-state index contributed by atoms with van der Waals surface area (Å²) in [6.07, 6.45) is 3.36. The van der Waals surface area contributed by atoms with Crippen LogP contribution in [0.15, 0.2) is 60.8 Å². The van der Waals surface area contributed by atoms with Gasteiger partial charge in [-0.05, 0) is 54.8 Å². The van der Waals surface area contributed by atoms with Gasteiger partial charge in [0.15, 0.2) is 5.78 Å². The van der Waals surface area contributed by atoms with Gasteiger partial charge < -0.3 is 9.80 Å². The highest BCUT2D eigenvalue weighted by atomic mass is 35.5. The molecule has 3 heterocycles. The van der Waals surface area contributed by atoms with Crippen molar-refractivity contribution in [1.82, 2.24) is 9.38 Å². The number of pyridine rings is 1. The summed E-state index contributed by atoms with van der Waals surface area (Å²) in [5, 5.41) is 0.820. The fraction of sp³-hybridized carbons (Fsp3) is 0.286. The summed E-state index contributed by atoms with van der Waals surface area (Å²) >= 11 is 12.3. The molecule has 1 aliphatic rings. The fourth-order valence-corrected chi connectivity index (χ4v) is 5.05. The predicted octanol–water partition coefficient (Wildman–Crippen LogP) is 6.48. The predicted molar refractivity (Wildman–Crippen MR) is 145 cm³/mol. The number of hydrogen-bond acceptors (Lipinski definition) is 4. The first kappa shape index (κ1) is 24.6. The summed E-state index contributed by atoms with van der Waals surface area (Å²) in [4.78, 5) is 22.4. The highest BCUT2D eigenvalue weighted by Gasteiger charge is 2.20. The van der Waals surface area contributed by atoms with Gasteiger partial charge in [-0.25, -0.2) is 9.37 Å². The van der Waals surface area contributed by atoms with Crippen molar-refractivity contribution >= 4 is 46.0 Å². The first-order chi connectivity index (χ1) is 17.4. The second-order valence-corrected chi connectivity index (χ2v) is 9.81. The van der Waals surface area contributed by atoms with E-state index in [-0.39, 0.29) is 11.6 Å². The van der Waals surface area contributed by atoms with Crippen molar-refractivity contribution in [3.8, 4) is 0 Å². The van der Waals surface area contributed by atoms with Crippen LogP contribution < -0.4 is 9.80 Å². The topological polar surface area (TPSA) is 40.9 Å². The number of fused-ring (bicyclic) bond motifs is 1. The van der Waals surface area contributed by atoms with Gasteiger partial charge in [0, 0.05) is 56.2 Å². The summed E-state index contributed by atoms with van der Waals surface area (Å²) in [6, 6.07) is 16.8. The monoisotopic (exact) mass is 524 g/mol. The number of piperazine rings is 1. The lowest BCUT2D eigenvalue weighted by atomic mass is 10.0. The first-order valence-corrected chi connectivity index (χ1v) is 12.9. The minimum atomic E-state index is -0.210. The van der Waals surface area contributed by atoms with Crippen LogP contribution in [0.4, 0.5) is 15.8 Å². The van der Waals surface area contributed by atoms with E-state index in [1.54, 1.807) is 16.7 Å². The average molecular weight is 525 g/mol. The van der Waals surface area contributed by atoms with E-state index in [9.17, 15) is 9.18 Å². The molecule has 1 aliphatic heterocycles. The second-order valence-electron chi connectivity index (χ2n) is 9.00. The zero-order chi connectivity index (χ0) is 25.2. The third-order valence-electron chi connectivity index (χ3n) is 6.75. The van der Waals surface area contributed by atoms with E-state index < -0.39 is 0 Å². The van der Waals surface area contributed by atoms with Crippen molar-refractivity contribution < 1.29 is 9.18 Å². The number of benzene rings is 2. The highest BCUT2D eigenvalue weighted by molar-refractivity contribution is 6.42. The Bertz CT molecular complexity index is 1380. The minimum Gasteiger partial charge on any atom is -0.368 e. The van der Waals surface area contributed by atoms with Crippen LogP contribution in [0.2, 0.25) is 10.0 Å². The molecule has 0 aliphatic carbocycles. The molecule has 8 heteroatoms. The van der Waals surface area contributed by atoms with E-state index >= 15 is 0 Å². The van der Waals surface area contributed by atoms with Crippen LogP contribution in [0.25, 0.3) is 5.65 Å². The maximum Gasteiger partial charge on any atom is 0.181 e. The van der Waals surface area contributed by atoms with Crippen LogP contribution >= 0.6 is 23.2 Å². The lowest BCUT2D eigenvalue weighted by molar-refractivity contribution is 0.0976. The van der Waals surface area contributed by atoms with E-state index in [1.807, 2.05) is 19.1 Å². The molecule has 186 valence electrons. The van der Waals surface area contributed by atoms with Crippen LogP contribution in [0.1, 0.15) is 35.1 Å². The van der Waals surface area contributed by atoms with Crippen LogP contribution in [0, 0.1) is 5.82 Å². The van der Waals surface area contributed by atoms with E-state index in [1.165, 1.54) is 17.8 Å². The van der Waals surface area contributed by atoms with Gasteiger partial charge in [-0.1, -0.05) is 42.3 Å². The third kappa shape index (κ3) is 5.06. The molecule has 1 saturated heterocycles. The van der Waals surface area contributed by atoms with Gasteiger partial charge in [-0.2, -0.15) is 0 Å². The van der Waals surface area contributed by atoms with Gasteiger partial charge in [-0.15, -0.1) is 0 Å². The zero-order valence-corrected chi connectivity index (χ0v) is 21.6. The molecule has 0 N–H and O–H groups in total. The lowest BCUT2D eigenvalue weighted by Crippen LogP contribution is -2.46. The Labute approximate surface area is 220 Å². The molecule has 0 saturated carbocycles. The highest BCUT2D eigenvalue weighted by Crippen LogP contribution is 2.26. The Morgan fingerprint density at radius 2 is 1.50 bits per heavy atom. The molecular weight excluding hydrogens is 498 g/mol. The summed E-state index contributed by atoms with van der Waals surface area (Å²) in [5.41, 5.74) is 5.32. The van der Waals surface area contributed by atoms with Gasteiger partial charge in [0.2, 0.25) is 0 Å². The standard InChI is InChI=1S/C28H27Cl2FN4O/c1-2-25-28(35-18-24(30)23(29)17-27(35)32-25)26(36)12-5-19-3-8-21(9-4-19)33-13-15-34(16-14-33)22-10-6-20(31)7-11-22/h3-4,6-11,17-18H,2,5,12-16H2,1H3. The van der Waals surface area contributed by atoms with E-state index in [4.69, 9.17) is 23.2 Å². The van der Waals surface area contributed by atoms with Crippen LogP contribution in [0.5, 0.6) is 0 Å². The molecule has 0 radical (unpaired) electrons. The molecule has 2 aromatic carbocycles. The normalized spacial score (nSPS) is 14.0. The van der Waals surface area contributed by atoms with Gasteiger partial charge in [0.25, 0.3) is 0 Å². The second kappa shape index (κ2) is 10.5. The molecule has 0 spiro atoms. The quantitative estimate of drug-likeness (QED) is 0.259. The largest absolute Gasteiger partial charge is 0.368 e. The SMILES string of the molecule is CCc1nc2cc(Cl)c(Cl)cn2c1C(=O)CCc1ccc(N2CCN(c3ccc(F)cc3)CC2)cc1. The summed E-state index contributed by atoms with van der Waals surface area (Å²) in [6.45, 7) is 5.55. The molecule has 0 atom stereocenters. The smallest absolute Gasteiger partial charge is 0.181 e.